The van der Waals surface area contributed by atoms with Crippen molar-refractivity contribution < 1.29 is 17.9 Å². The molecule has 0 saturated carbocycles. The van der Waals surface area contributed by atoms with Crippen molar-refractivity contribution in [1.29, 1.82) is 0 Å². The monoisotopic (exact) mass is 297 g/mol. The normalized spacial score (nSPS) is 10.3. The van der Waals surface area contributed by atoms with E-state index in [0.29, 0.717) is 5.56 Å². The van der Waals surface area contributed by atoms with Gasteiger partial charge in [-0.05, 0) is 18.2 Å². The zero-order chi connectivity index (χ0) is 14.7. The van der Waals surface area contributed by atoms with Crippen molar-refractivity contribution in [3.8, 4) is 5.75 Å². The lowest BCUT2D eigenvalue weighted by molar-refractivity contribution is 0.297. The lowest BCUT2D eigenvalue weighted by Gasteiger charge is -2.08. The van der Waals surface area contributed by atoms with Crippen molar-refractivity contribution in [2.24, 2.45) is 5.73 Å². The van der Waals surface area contributed by atoms with E-state index in [1.54, 1.807) is 6.07 Å². The molecule has 0 saturated heterocycles. The van der Waals surface area contributed by atoms with Gasteiger partial charge in [0.05, 0.1) is 0 Å². The van der Waals surface area contributed by atoms with Crippen molar-refractivity contribution in [2.45, 2.75) is 6.61 Å². The molecular weight excluding hydrogens is 287 g/mol. The third kappa shape index (κ3) is 3.27. The smallest absolute Gasteiger partial charge is 0.162 e. The molecule has 0 aliphatic heterocycles. The maximum Gasteiger partial charge on any atom is 0.162 e. The zero-order valence-corrected chi connectivity index (χ0v) is 11.0. The van der Waals surface area contributed by atoms with Gasteiger partial charge < -0.3 is 10.5 Å². The first kappa shape index (κ1) is 14.3. The van der Waals surface area contributed by atoms with Crippen molar-refractivity contribution >= 4 is 17.2 Å². The number of thiocarbonyl (C=S) groups is 1. The van der Waals surface area contributed by atoms with Crippen LogP contribution in [0, 0.1) is 17.5 Å². The molecule has 0 fully saturated rings. The molecule has 0 heterocycles. The minimum atomic E-state index is -1.02. The lowest BCUT2D eigenvalue weighted by atomic mass is 10.1. The molecule has 0 bridgehead atoms. The van der Waals surface area contributed by atoms with Crippen molar-refractivity contribution in [3.63, 3.8) is 0 Å². The van der Waals surface area contributed by atoms with Crippen LogP contribution in [0.15, 0.2) is 36.4 Å². The molecule has 104 valence electrons. The zero-order valence-electron chi connectivity index (χ0n) is 10.2. The summed E-state index contributed by atoms with van der Waals surface area (Å²) in [6.45, 7) is -0.117. The van der Waals surface area contributed by atoms with E-state index in [1.165, 1.54) is 18.2 Å². The van der Waals surface area contributed by atoms with Gasteiger partial charge in [0.25, 0.3) is 0 Å². The van der Waals surface area contributed by atoms with Crippen molar-refractivity contribution in [1.82, 2.24) is 0 Å². The second-order valence-electron chi connectivity index (χ2n) is 4.04. The Bertz CT molecular complexity index is 661. The van der Waals surface area contributed by atoms with Crippen LogP contribution in [0.4, 0.5) is 13.2 Å². The summed E-state index contributed by atoms with van der Waals surface area (Å²) in [6, 6.07) is 7.35. The summed E-state index contributed by atoms with van der Waals surface area (Å²) in [4.78, 5) is 0.0944. The van der Waals surface area contributed by atoms with E-state index < -0.39 is 17.5 Å². The molecule has 6 heteroatoms. The molecule has 2 aromatic carbocycles. The molecule has 2 rings (SSSR count). The van der Waals surface area contributed by atoms with E-state index in [4.69, 9.17) is 22.7 Å². The number of benzene rings is 2. The van der Waals surface area contributed by atoms with Crippen LogP contribution in [0.2, 0.25) is 0 Å². The predicted molar refractivity (Wildman–Crippen MR) is 73.0 cm³/mol. The van der Waals surface area contributed by atoms with Crippen molar-refractivity contribution in [2.75, 3.05) is 0 Å². The van der Waals surface area contributed by atoms with Gasteiger partial charge >= 0.3 is 0 Å². The molecule has 20 heavy (non-hydrogen) atoms. The van der Waals surface area contributed by atoms with Gasteiger partial charge in [0, 0.05) is 17.2 Å². The number of rotatable bonds is 4. The highest BCUT2D eigenvalue weighted by Gasteiger charge is 2.07. The highest BCUT2D eigenvalue weighted by atomic mass is 32.1. The van der Waals surface area contributed by atoms with Gasteiger partial charge in [0.1, 0.15) is 23.2 Å². The standard InChI is InChI=1S/C14H10F3NOS/c15-11-4-3-10(6-13(11)17)19-7-9-2-1-8(14(18)20)5-12(9)16/h1-6H,7H2,(H2,18,20). The molecule has 2 nitrogen and oxygen atoms in total. The van der Waals surface area contributed by atoms with Gasteiger partial charge in [-0.1, -0.05) is 24.4 Å². The van der Waals surface area contributed by atoms with Crippen LogP contribution >= 0.6 is 12.2 Å². The number of hydrogen-bond donors (Lipinski definition) is 1. The molecule has 0 aliphatic carbocycles. The van der Waals surface area contributed by atoms with Gasteiger partial charge in [-0.3, -0.25) is 0 Å². The summed E-state index contributed by atoms with van der Waals surface area (Å²) < 4.78 is 44.6. The Morgan fingerprint density at radius 2 is 1.75 bits per heavy atom. The van der Waals surface area contributed by atoms with Gasteiger partial charge in [0.2, 0.25) is 0 Å². The summed E-state index contributed by atoms with van der Waals surface area (Å²) >= 11 is 4.74. The number of ether oxygens (including phenoxy) is 1. The van der Waals surface area contributed by atoms with E-state index in [9.17, 15) is 13.2 Å². The van der Waals surface area contributed by atoms with E-state index in [2.05, 4.69) is 0 Å². The largest absolute Gasteiger partial charge is 0.489 e. The fourth-order valence-corrected chi connectivity index (χ4v) is 1.67. The molecule has 0 radical (unpaired) electrons. The Balaban J connectivity index is 2.10. The first-order valence-corrected chi connectivity index (χ1v) is 6.04. The highest BCUT2D eigenvalue weighted by Crippen LogP contribution is 2.18. The summed E-state index contributed by atoms with van der Waals surface area (Å²) in [6.07, 6.45) is 0. The Hall–Kier alpha value is -2.08. The molecule has 0 aromatic heterocycles. The minimum absolute atomic E-state index is 0.0944. The maximum absolute atomic E-state index is 13.7. The number of hydrogen-bond acceptors (Lipinski definition) is 2. The molecule has 2 aromatic rings. The first-order chi connectivity index (χ1) is 9.47. The third-order valence-corrected chi connectivity index (χ3v) is 2.86. The van der Waals surface area contributed by atoms with Crippen molar-refractivity contribution in [3.05, 3.63) is 65.0 Å². The fraction of sp³-hybridized carbons (Fsp3) is 0.0714. The molecule has 0 atom stereocenters. The Labute approximate surface area is 119 Å². The third-order valence-electron chi connectivity index (χ3n) is 2.62. The van der Waals surface area contributed by atoms with Crippen LogP contribution in [0.5, 0.6) is 5.75 Å². The van der Waals surface area contributed by atoms with Gasteiger partial charge in [0.15, 0.2) is 11.6 Å². The van der Waals surface area contributed by atoms with Crippen LogP contribution in [-0.2, 0) is 6.61 Å². The molecule has 0 unspecified atom stereocenters. The van der Waals surface area contributed by atoms with E-state index in [1.807, 2.05) is 0 Å². The maximum atomic E-state index is 13.7. The SMILES string of the molecule is NC(=S)c1ccc(COc2ccc(F)c(F)c2)c(F)c1. The van der Waals surface area contributed by atoms with Crippen LogP contribution in [0.1, 0.15) is 11.1 Å². The van der Waals surface area contributed by atoms with E-state index in [-0.39, 0.29) is 22.9 Å². The molecule has 0 aliphatic rings. The average Bonchev–Trinajstić information content (AvgIpc) is 2.41. The molecule has 2 N–H and O–H groups in total. The van der Waals surface area contributed by atoms with E-state index >= 15 is 0 Å². The highest BCUT2D eigenvalue weighted by molar-refractivity contribution is 7.80. The topological polar surface area (TPSA) is 35.2 Å². The molecule has 0 amide bonds. The summed E-state index contributed by atoms with van der Waals surface area (Å²) in [7, 11) is 0. The summed E-state index contributed by atoms with van der Waals surface area (Å²) in [5, 5.41) is 0. The number of nitrogens with two attached hydrogens (primary N) is 1. The molecular formula is C14H10F3NOS. The Morgan fingerprint density at radius 1 is 1.00 bits per heavy atom. The first-order valence-electron chi connectivity index (χ1n) is 5.63. The summed E-state index contributed by atoms with van der Waals surface area (Å²) in [5.74, 6) is -2.41. The summed E-state index contributed by atoms with van der Waals surface area (Å²) in [5.41, 5.74) is 6.06. The van der Waals surface area contributed by atoms with Gasteiger partial charge in [-0.15, -0.1) is 0 Å². The average molecular weight is 297 g/mol. The van der Waals surface area contributed by atoms with Crippen LogP contribution in [-0.4, -0.2) is 4.99 Å². The fourth-order valence-electron chi connectivity index (χ4n) is 1.55. The second-order valence-corrected chi connectivity index (χ2v) is 4.47. The Kier molecular flexibility index (Phi) is 4.24. The lowest BCUT2D eigenvalue weighted by Crippen LogP contribution is -2.10. The Morgan fingerprint density at radius 3 is 2.35 bits per heavy atom. The predicted octanol–water partition coefficient (Wildman–Crippen LogP) is 3.32. The van der Waals surface area contributed by atoms with Crippen LogP contribution in [0.3, 0.4) is 0 Å². The second kappa shape index (κ2) is 5.92. The van der Waals surface area contributed by atoms with Crippen LogP contribution < -0.4 is 10.5 Å². The minimum Gasteiger partial charge on any atom is -0.489 e. The molecule has 0 spiro atoms. The van der Waals surface area contributed by atoms with Gasteiger partial charge in [-0.2, -0.15) is 0 Å². The van der Waals surface area contributed by atoms with Gasteiger partial charge in [-0.25, -0.2) is 13.2 Å². The quantitative estimate of drug-likeness (QED) is 0.879. The number of halogens is 3. The van der Waals surface area contributed by atoms with E-state index in [0.717, 1.165) is 12.1 Å². The van der Waals surface area contributed by atoms with Crippen LogP contribution in [0.25, 0.3) is 0 Å².